The van der Waals surface area contributed by atoms with Gasteiger partial charge in [-0.05, 0) is 27.4 Å². The number of likely N-dealkylation sites (N-methyl/N-ethyl adjacent to an activating group) is 1. The number of hydrogen-bond acceptors (Lipinski definition) is 5. The molecule has 1 unspecified atom stereocenters. The van der Waals surface area contributed by atoms with Gasteiger partial charge in [-0.15, -0.1) is 0 Å². The Labute approximate surface area is 124 Å². The van der Waals surface area contributed by atoms with Crippen LogP contribution in [0.3, 0.4) is 0 Å². The quantitative estimate of drug-likeness (QED) is 0.462. The molecule has 0 aromatic heterocycles. The molecule has 0 fully saturated rings. The summed E-state index contributed by atoms with van der Waals surface area (Å²) in [7, 11) is 4.18. The number of nitrogens with one attached hydrogen (secondary N) is 1. The third-order valence-electron chi connectivity index (χ3n) is 3.13. The lowest BCUT2D eigenvalue weighted by Crippen LogP contribution is -2.36. The summed E-state index contributed by atoms with van der Waals surface area (Å²) in [5.41, 5.74) is 0. The smallest absolute Gasteiger partial charge is 0.0701 e. The Hall–Kier alpha value is -0.200. The summed E-state index contributed by atoms with van der Waals surface area (Å²) in [6.07, 6.45) is 2.30. The number of unbranched alkanes of at least 4 members (excludes halogenated alkanes) is 1. The van der Waals surface area contributed by atoms with Gasteiger partial charge in [0, 0.05) is 25.7 Å². The summed E-state index contributed by atoms with van der Waals surface area (Å²) >= 11 is 0. The summed E-state index contributed by atoms with van der Waals surface area (Å²) in [4.78, 5) is 2.20. The second-order valence-corrected chi connectivity index (χ2v) is 5.21. The van der Waals surface area contributed by atoms with Crippen molar-refractivity contribution in [3.05, 3.63) is 0 Å². The highest BCUT2D eigenvalue weighted by Crippen LogP contribution is 1.89. The topological polar surface area (TPSA) is 43.0 Å². The van der Waals surface area contributed by atoms with Gasteiger partial charge in [0.15, 0.2) is 0 Å². The number of ether oxygens (including phenoxy) is 3. The molecule has 122 valence electrons. The van der Waals surface area contributed by atoms with Gasteiger partial charge in [-0.1, -0.05) is 13.3 Å². The number of rotatable bonds is 15. The molecule has 0 amide bonds. The molecular weight excluding hydrogens is 256 g/mol. The maximum Gasteiger partial charge on any atom is 0.0701 e. The van der Waals surface area contributed by atoms with E-state index in [9.17, 15) is 0 Å². The monoisotopic (exact) mass is 290 g/mol. The minimum atomic E-state index is 0.547. The van der Waals surface area contributed by atoms with Crippen LogP contribution in [-0.2, 0) is 14.2 Å². The minimum absolute atomic E-state index is 0.547. The highest BCUT2D eigenvalue weighted by Gasteiger charge is 2.02. The van der Waals surface area contributed by atoms with Gasteiger partial charge in [0.05, 0.1) is 33.0 Å². The first-order valence-corrected chi connectivity index (χ1v) is 7.78. The molecule has 20 heavy (non-hydrogen) atoms. The molecule has 0 saturated carbocycles. The molecule has 1 atom stereocenters. The molecule has 0 saturated heterocycles. The van der Waals surface area contributed by atoms with Crippen LogP contribution in [0.15, 0.2) is 0 Å². The molecule has 5 nitrogen and oxygen atoms in total. The van der Waals surface area contributed by atoms with Gasteiger partial charge in [0.25, 0.3) is 0 Å². The van der Waals surface area contributed by atoms with Crippen LogP contribution in [-0.4, -0.2) is 77.8 Å². The van der Waals surface area contributed by atoms with Gasteiger partial charge in [-0.2, -0.15) is 0 Å². The van der Waals surface area contributed by atoms with E-state index in [0.29, 0.717) is 32.5 Å². The Kier molecular flexibility index (Phi) is 15.0. The van der Waals surface area contributed by atoms with E-state index in [1.165, 1.54) is 6.42 Å². The van der Waals surface area contributed by atoms with Gasteiger partial charge >= 0.3 is 0 Å². The van der Waals surface area contributed by atoms with Crippen LogP contribution in [0.5, 0.6) is 0 Å². The molecular formula is C15H34N2O3. The van der Waals surface area contributed by atoms with Crippen molar-refractivity contribution in [3.63, 3.8) is 0 Å². The van der Waals surface area contributed by atoms with Crippen LogP contribution in [0.1, 0.15) is 26.7 Å². The first-order valence-electron chi connectivity index (χ1n) is 7.78. The lowest BCUT2D eigenvalue weighted by molar-refractivity contribution is 0.0145. The summed E-state index contributed by atoms with van der Waals surface area (Å²) in [6.45, 7) is 10.4. The van der Waals surface area contributed by atoms with Gasteiger partial charge in [-0.25, -0.2) is 0 Å². The summed E-state index contributed by atoms with van der Waals surface area (Å²) in [6, 6.07) is 0.547. The van der Waals surface area contributed by atoms with E-state index in [1.807, 2.05) is 0 Å². The molecule has 0 radical (unpaired) electrons. The van der Waals surface area contributed by atoms with Crippen LogP contribution in [0.4, 0.5) is 0 Å². The molecule has 0 bridgehead atoms. The maximum absolute atomic E-state index is 5.48. The molecule has 0 aliphatic rings. The third kappa shape index (κ3) is 14.2. The van der Waals surface area contributed by atoms with Crippen molar-refractivity contribution in [1.82, 2.24) is 10.2 Å². The molecule has 0 rings (SSSR count). The fourth-order valence-corrected chi connectivity index (χ4v) is 1.43. The van der Waals surface area contributed by atoms with E-state index in [2.05, 4.69) is 38.2 Å². The first kappa shape index (κ1) is 19.8. The SMILES string of the molecule is CCCCOCCOCCOCCNCC(C)N(C)C. The molecule has 0 spiro atoms. The lowest BCUT2D eigenvalue weighted by Gasteiger charge is -2.19. The van der Waals surface area contributed by atoms with Crippen LogP contribution >= 0.6 is 0 Å². The normalized spacial score (nSPS) is 13.1. The van der Waals surface area contributed by atoms with Crippen molar-refractivity contribution in [2.24, 2.45) is 0 Å². The van der Waals surface area contributed by atoms with Crippen LogP contribution in [0.2, 0.25) is 0 Å². The highest BCUT2D eigenvalue weighted by molar-refractivity contribution is 4.62. The van der Waals surface area contributed by atoms with E-state index in [1.54, 1.807) is 0 Å². The molecule has 0 aliphatic carbocycles. The Morgan fingerprint density at radius 1 is 0.900 bits per heavy atom. The van der Waals surface area contributed by atoms with Gasteiger partial charge in [0.1, 0.15) is 0 Å². The van der Waals surface area contributed by atoms with E-state index in [0.717, 1.165) is 32.7 Å². The average Bonchev–Trinajstić information content (AvgIpc) is 2.43. The highest BCUT2D eigenvalue weighted by atomic mass is 16.5. The van der Waals surface area contributed by atoms with Gasteiger partial charge in [0.2, 0.25) is 0 Å². The largest absolute Gasteiger partial charge is 0.379 e. The Balaban J connectivity index is 3.03. The fourth-order valence-electron chi connectivity index (χ4n) is 1.43. The van der Waals surface area contributed by atoms with Crippen molar-refractivity contribution in [2.45, 2.75) is 32.7 Å². The summed E-state index contributed by atoms with van der Waals surface area (Å²) < 4.78 is 16.3. The van der Waals surface area contributed by atoms with E-state index in [-0.39, 0.29) is 0 Å². The molecule has 0 heterocycles. The maximum atomic E-state index is 5.48. The average molecular weight is 290 g/mol. The molecule has 0 aromatic carbocycles. The lowest BCUT2D eigenvalue weighted by atomic mass is 10.3. The first-order chi connectivity index (χ1) is 9.68. The van der Waals surface area contributed by atoms with Crippen LogP contribution in [0.25, 0.3) is 0 Å². The van der Waals surface area contributed by atoms with Crippen molar-refractivity contribution in [3.8, 4) is 0 Å². The predicted molar refractivity (Wildman–Crippen MR) is 83.4 cm³/mol. The van der Waals surface area contributed by atoms with Crippen molar-refractivity contribution >= 4 is 0 Å². The standard InChI is InChI=1S/C15H34N2O3/c1-5-6-8-18-10-12-20-13-11-19-9-7-16-14-15(2)17(3)4/h15-16H,5-14H2,1-4H3. The fraction of sp³-hybridized carbons (Fsp3) is 1.00. The minimum Gasteiger partial charge on any atom is -0.379 e. The van der Waals surface area contributed by atoms with Crippen molar-refractivity contribution in [1.29, 1.82) is 0 Å². The third-order valence-corrected chi connectivity index (χ3v) is 3.13. The van der Waals surface area contributed by atoms with Crippen molar-refractivity contribution < 1.29 is 14.2 Å². The molecule has 0 aliphatic heterocycles. The number of nitrogens with zero attached hydrogens (tertiary/aromatic N) is 1. The van der Waals surface area contributed by atoms with E-state index in [4.69, 9.17) is 14.2 Å². The zero-order valence-corrected chi connectivity index (χ0v) is 13.8. The van der Waals surface area contributed by atoms with E-state index < -0.39 is 0 Å². The number of hydrogen-bond donors (Lipinski definition) is 1. The van der Waals surface area contributed by atoms with E-state index >= 15 is 0 Å². The zero-order valence-electron chi connectivity index (χ0n) is 13.8. The van der Waals surface area contributed by atoms with Crippen LogP contribution in [0, 0.1) is 0 Å². The Morgan fingerprint density at radius 2 is 1.45 bits per heavy atom. The Morgan fingerprint density at radius 3 is 2.00 bits per heavy atom. The zero-order chi connectivity index (χ0) is 15.1. The Bertz CT molecular complexity index is 192. The molecule has 1 N–H and O–H groups in total. The predicted octanol–water partition coefficient (Wildman–Crippen LogP) is 1.38. The summed E-state index contributed by atoms with van der Waals surface area (Å²) in [5.74, 6) is 0. The summed E-state index contributed by atoms with van der Waals surface area (Å²) in [5, 5.41) is 3.37. The molecule has 5 heteroatoms. The molecule has 0 aromatic rings. The van der Waals surface area contributed by atoms with Gasteiger partial charge in [-0.3, -0.25) is 0 Å². The van der Waals surface area contributed by atoms with Gasteiger partial charge < -0.3 is 24.4 Å². The second kappa shape index (κ2) is 15.2. The van der Waals surface area contributed by atoms with Crippen molar-refractivity contribution in [2.75, 3.05) is 66.8 Å². The van der Waals surface area contributed by atoms with Crippen LogP contribution < -0.4 is 5.32 Å². The second-order valence-electron chi connectivity index (χ2n) is 5.21.